The lowest BCUT2D eigenvalue weighted by atomic mass is 10.1. The molecule has 158 valence electrons. The zero-order valence-electron chi connectivity index (χ0n) is 17.0. The maximum Gasteiger partial charge on any atom is 0.264 e. The maximum atomic E-state index is 13.5. The van der Waals surface area contributed by atoms with Gasteiger partial charge in [-0.3, -0.25) is 9.10 Å². The number of fused-ring (bicyclic) bond motifs is 1. The highest BCUT2D eigenvalue weighted by molar-refractivity contribution is 7.92. The van der Waals surface area contributed by atoms with Crippen LogP contribution in [0.5, 0.6) is 0 Å². The molecule has 0 aliphatic heterocycles. The first-order valence-electron chi connectivity index (χ1n) is 9.57. The van der Waals surface area contributed by atoms with Gasteiger partial charge in [0.05, 0.1) is 22.8 Å². The molecule has 0 aliphatic rings. The fourth-order valence-corrected chi connectivity index (χ4v) is 4.85. The number of anilines is 1. The van der Waals surface area contributed by atoms with Crippen molar-refractivity contribution in [1.82, 2.24) is 9.38 Å². The van der Waals surface area contributed by atoms with Gasteiger partial charge in [0, 0.05) is 23.0 Å². The van der Waals surface area contributed by atoms with Crippen molar-refractivity contribution in [2.75, 3.05) is 4.31 Å². The summed E-state index contributed by atoms with van der Waals surface area (Å²) in [4.78, 5) is 16.3. The number of pyridine rings is 1. The van der Waals surface area contributed by atoms with E-state index in [9.17, 15) is 13.2 Å². The number of benzene rings is 2. The molecule has 2 aromatic carbocycles. The van der Waals surface area contributed by atoms with Gasteiger partial charge in [-0.2, -0.15) is 0 Å². The minimum Gasteiger partial charge on any atom is -0.306 e. The molecule has 6 nitrogen and oxygen atoms in total. The molecule has 0 spiro atoms. The van der Waals surface area contributed by atoms with Crippen LogP contribution in [-0.2, 0) is 16.6 Å². The van der Waals surface area contributed by atoms with Gasteiger partial charge in [-0.05, 0) is 74.0 Å². The SMILES string of the molecule is CC(=O)c1ccc(N(Cc2cn3cc(C)ccc3n2)S(=O)(=O)c2ccc(Cl)cc2)cc1. The molecule has 31 heavy (non-hydrogen) atoms. The van der Waals surface area contributed by atoms with Crippen molar-refractivity contribution in [3.8, 4) is 0 Å². The first-order chi connectivity index (χ1) is 14.7. The van der Waals surface area contributed by atoms with Crippen LogP contribution in [0.4, 0.5) is 5.69 Å². The Morgan fingerprint density at radius 1 is 1.00 bits per heavy atom. The van der Waals surface area contributed by atoms with Crippen molar-refractivity contribution >= 4 is 38.7 Å². The second-order valence-corrected chi connectivity index (χ2v) is 9.57. The van der Waals surface area contributed by atoms with E-state index < -0.39 is 10.0 Å². The van der Waals surface area contributed by atoms with E-state index in [1.54, 1.807) is 36.4 Å². The van der Waals surface area contributed by atoms with Crippen molar-refractivity contribution in [3.63, 3.8) is 0 Å². The van der Waals surface area contributed by atoms with Crippen LogP contribution >= 0.6 is 11.6 Å². The summed E-state index contributed by atoms with van der Waals surface area (Å²) in [5.74, 6) is -0.0885. The molecular weight excluding hydrogens is 434 g/mol. The van der Waals surface area contributed by atoms with Crippen LogP contribution in [0.1, 0.15) is 28.5 Å². The third-order valence-corrected chi connectivity index (χ3v) is 6.96. The summed E-state index contributed by atoms with van der Waals surface area (Å²) in [6.07, 6.45) is 3.75. The lowest BCUT2D eigenvalue weighted by Crippen LogP contribution is -2.30. The van der Waals surface area contributed by atoms with Crippen LogP contribution < -0.4 is 4.31 Å². The Labute approximate surface area is 185 Å². The Morgan fingerprint density at radius 2 is 1.68 bits per heavy atom. The van der Waals surface area contributed by atoms with Gasteiger partial charge < -0.3 is 4.40 Å². The van der Waals surface area contributed by atoms with Crippen molar-refractivity contribution in [2.45, 2.75) is 25.3 Å². The quantitative estimate of drug-likeness (QED) is 0.389. The summed E-state index contributed by atoms with van der Waals surface area (Å²) in [5, 5.41) is 0.451. The highest BCUT2D eigenvalue weighted by Gasteiger charge is 2.26. The average molecular weight is 454 g/mol. The predicted molar refractivity (Wildman–Crippen MR) is 121 cm³/mol. The molecule has 0 fully saturated rings. The minimum absolute atomic E-state index is 0.0328. The molecule has 4 rings (SSSR count). The number of ketones is 1. The Bertz CT molecular complexity index is 1360. The van der Waals surface area contributed by atoms with Crippen LogP contribution in [0.15, 0.2) is 78.0 Å². The predicted octanol–water partition coefficient (Wildman–Crippen LogP) is 4.89. The molecule has 0 atom stereocenters. The van der Waals surface area contributed by atoms with Gasteiger partial charge in [0.1, 0.15) is 5.65 Å². The second kappa shape index (κ2) is 8.17. The molecule has 0 bridgehead atoms. The number of sulfonamides is 1. The van der Waals surface area contributed by atoms with E-state index in [-0.39, 0.29) is 17.2 Å². The first kappa shape index (κ1) is 21.1. The van der Waals surface area contributed by atoms with Gasteiger partial charge in [-0.1, -0.05) is 17.7 Å². The Hall–Kier alpha value is -3.16. The van der Waals surface area contributed by atoms with E-state index in [4.69, 9.17) is 11.6 Å². The normalized spacial score (nSPS) is 11.6. The minimum atomic E-state index is -3.91. The number of aryl methyl sites for hydroxylation is 1. The molecule has 0 amide bonds. The fourth-order valence-electron chi connectivity index (χ4n) is 3.29. The number of hydrogen-bond acceptors (Lipinski definition) is 4. The van der Waals surface area contributed by atoms with E-state index in [0.717, 1.165) is 11.2 Å². The van der Waals surface area contributed by atoms with Crippen LogP contribution in [0.25, 0.3) is 5.65 Å². The third kappa shape index (κ3) is 4.33. The van der Waals surface area contributed by atoms with Crippen molar-refractivity contribution in [2.24, 2.45) is 0 Å². The second-order valence-electron chi connectivity index (χ2n) is 7.27. The molecule has 0 saturated carbocycles. The van der Waals surface area contributed by atoms with Crippen LogP contribution in [0.3, 0.4) is 0 Å². The summed E-state index contributed by atoms with van der Waals surface area (Å²) in [7, 11) is -3.91. The number of rotatable bonds is 6. The van der Waals surface area contributed by atoms with Gasteiger partial charge in [0.15, 0.2) is 5.78 Å². The number of aromatic nitrogens is 2. The molecule has 0 radical (unpaired) electrons. The van der Waals surface area contributed by atoms with E-state index in [0.29, 0.717) is 22.0 Å². The van der Waals surface area contributed by atoms with Crippen LogP contribution in [0, 0.1) is 6.92 Å². The third-order valence-electron chi connectivity index (χ3n) is 4.92. The maximum absolute atomic E-state index is 13.5. The Morgan fingerprint density at radius 3 is 2.32 bits per heavy atom. The summed E-state index contributed by atoms with van der Waals surface area (Å²) in [6, 6.07) is 16.4. The highest BCUT2D eigenvalue weighted by Crippen LogP contribution is 2.27. The number of carbonyl (C=O) groups is 1. The molecule has 8 heteroatoms. The highest BCUT2D eigenvalue weighted by atomic mass is 35.5. The van der Waals surface area contributed by atoms with Gasteiger partial charge in [-0.25, -0.2) is 13.4 Å². The number of carbonyl (C=O) groups excluding carboxylic acids is 1. The zero-order chi connectivity index (χ0) is 22.2. The zero-order valence-corrected chi connectivity index (χ0v) is 18.6. The Balaban J connectivity index is 1.79. The fraction of sp³-hybridized carbons (Fsp3) is 0.130. The van der Waals surface area contributed by atoms with Gasteiger partial charge in [-0.15, -0.1) is 0 Å². The van der Waals surface area contributed by atoms with Gasteiger partial charge in [0.25, 0.3) is 10.0 Å². The molecule has 0 saturated heterocycles. The molecular formula is C23H20ClN3O3S. The lowest BCUT2D eigenvalue weighted by Gasteiger charge is -2.24. The number of nitrogens with zero attached hydrogens (tertiary/aromatic N) is 3. The largest absolute Gasteiger partial charge is 0.306 e. The van der Waals surface area contributed by atoms with Crippen molar-refractivity contribution in [1.29, 1.82) is 0 Å². The summed E-state index contributed by atoms with van der Waals surface area (Å²) in [5.41, 5.74) is 3.35. The van der Waals surface area contributed by atoms with E-state index in [2.05, 4.69) is 4.98 Å². The Kier molecular flexibility index (Phi) is 5.56. The summed E-state index contributed by atoms with van der Waals surface area (Å²) in [6.45, 7) is 3.48. The van der Waals surface area contributed by atoms with E-state index >= 15 is 0 Å². The average Bonchev–Trinajstić information content (AvgIpc) is 3.14. The monoisotopic (exact) mass is 453 g/mol. The molecule has 4 aromatic rings. The van der Waals surface area contributed by atoms with E-state index in [1.165, 1.54) is 23.4 Å². The van der Waals surface area contributed by atoms with E-state index in [1.807, 2.05) is 35.9 Å². The smallest absolute Gasteiger partial charge is 0.264 e. The van der Waals surface area contributed by atoms with Crippen LogP contribution in [0.2, 0.25) is 5.02 Å². The number of hydrogen-bond donors (Lipinski definition) is 0. The summed E-state index contributed by atoms with van der Waals surface area (Å²) < 4.78 is 30.2. The summed E-state index contributed by atoms with van der Waals surface area (Å²) >= 11 is 5.94. The van der Waals surface area contributed by atoms with Crippen LogP contribution in [-0.4, -0.2) is 23.6 Å². The molecule has 0 unspecified atom stereocenters. The van der Waals surface area contributed by atoms with Crippen molar-refractivity contribution in [3.05, 3.63) is 94.9 Å². The van der Waals surface area contributed by atoms with Crippen molar-refractivity contribution < 1.29 is 13.2 Å². The topological polar surface area (TPSA) is 71.8 Å². The number of halogens is 1. The molecule has 2 aromatic heterocycles. The van der Waals surface area contributed by atoms with Gasteiger partial charge in [0.2, 0.25) is 0 Å². The lowest BCUT2D eigenvalue weighted by molar-refractivity contribution is 0.101. The molecule has 2 heterocycles. The first-order valence-corrected chi connectivity index (χ1v) is 11.4. The molecule has 0 N–H and O–H groups in total. The number of imidazole rings is 1. The van der Waals surface area contributed by atoms with Gasteiger partial charge >= 0.3 is 0 Å². The standard InChI is InChI=1S/C23H20ClN3O3S/c1-16-3-12-23-25-20(14-26(23)13-16)15-27(21-8-4-18(5-9-21)17(2)28)31(29,30)22-10-6-19(24)7-11-22/h3-14H,15H2,1-2H3. The molecule has 0 aliphatic carbocycles. The number of Topliss-reactive ketones (excluding diaryl/α,β-unsaturated/α-hetero) is 1.